The number of nitrogens with two attached hydrogens (primary N) is 2. The van der Waals surface area contributed by atoms with Gasteiger partial charge in [0.1, 0.15) is 35.5 Å². The van der Waals surface area contributed by atoms with Gasteiger partial charge in [-0.2, -0.15) is 0 Å². The van der Waals surface area contributed by atoms with Gasteiger partial charge in [-0.05, 0) is 23.3 Å². The summed E-state index contributed by atoms with van der Waals surface area (Å²) in [5.74, 6) is -2.90. The highest BCUT2D eigenvalue weighted by atomic mass is 32.2. The predicted octanol–water partition coefficient (Wildman–Crippen LogP) is -0.486. The smallest absolute Gasteiger partial charge is 0.352 e. The van der Waals surface area contributed by atoms with Crippen LogP contribution in [0.3, 0.4) is 0 Å². The molecule has 0 aromatic heterocycles. The summed E-state index contributed by atoms with van der Waals surface area (Å²) in [4.78, 5) is 54.6. The molecule has 4 atom stereocenters. The molecule has 3 aliphatic rings. The number of fused-ring (bicyclic) bond motifs is 1. The Kier molecular flexibility index (Phi) is 7.54. The number of primary amides is 1. The molecule has 3 aliphatic heterocycles. The molecule has 37 heavy (non-hydrogen) atoms. The van der Waals surface area contributed by atoms with Gasteiger partial charge in [-0.1, -0.05) is 23.9 Å². The standard InChI is InChI=1S/C21H23N7O7S2/c1-35-8-21(19(23)34)25-20(26-27-21)37-7-10-6-36-17-13(16(31)28(17)14(10)18(32)33)24-15(30)12(22)9-2-4-11(29)5-3-9/h2-5,12-13,17,29H,6-8,22H2,1H3,(H2,23,34)(H,24,30)(H,32,33)/t12?,13?,17-,21?/m0/s1. The highest BCUT2D eigenvalue weighted by Crippen LogP contribution is 2.41. The molecule has 1 aromatic carbocycles. The molecule has 1 fully saturated rings. The Morgan fingerprint density at radius 2 is 2.05 bits per heavy atom. The van der Waals surface area contributed by atoms with Crippen LogP contribution in [0.1, 0.15) is 11.6 Å². The molecule has 0 spiro atoms. The van der Waals surface area contributed by atoms with Crippen molar-refractivity contribution >= 4 is 52.4 Å². The topological polar surface area (TPSA) is 222 Å². The van der Waals surface area contributed by atoms with Crippen molar-refractivity contribution < 1.29 is 34.1 Å². The van der Waals surface area contributed by atoms with Gasteiger partial charge in [-0.15, -0.1) is 22.0 Å². The van der Waals surface area contributed by atoms with E-state index in [0.717, 1.165) is 16.7 Å². The first-order valence-electron chi connectivity index (χ1n) is 10.8. The van der Waals surface area contributed by atoms with E-state index < -0.39 is 46.8 Å². The van der Waals surface area contributed by atoms with Gasteiger partial charge in [-0.25, -0.2) is 9.79 Å². The highest BCUT2D eigenvalue weighted by molar-refractivity contribution is 8.14. The summed E-state index contributed by atoms with van der Waals surface area (Å²) >= 11 is 2.34. The second kappa shape index (κ2) is 10.5. The van der Waals surface area contributed by atoms with Gasteiger partial charge in [-0.3, -0.25) is 19.3 Å². The zero-order chi connectivity index (χ0) is 26.9. The lowest BCUT2D eigenvalue weighted by Gasteiger charge is -2.49. The third-order valence-electron chi connectivity index (χ3n) is 5.78. The molecule has 3 heterocycles. The van der Waals surface area contributed by atoms with Crippen LogP contribution >= 0.6 is 23.5 Å². The Labute approximate surface area is 218 Å². The molecule has 3 amide bonds. The lowest BCUT2D eigenvalue weighted by Crippen LogP contribution is -2.71. The molecular formula is C21H23N7O7S2. The number of amides is 3. The number of carboxylic acids is 1. The van der Waals surface area contributed by atoms with E-state index in [1.807, 2.05) is 0 Å². The number of hydrogen-bond acceptors (Lipinski definition) is 12. The number of methoxy groups -OCH3 is 1. The molecule has 1 aromatic rings. The van der Waals surface area contributed by atoms with Gasteiger partial charge in [0, 0.05) is 18.6 Å². The first-order chi connectivity index (χ1) is 17.6. The first kappa shape index (κ1) is 26.6. The number of hydrogen-bond donors (Lipinski definition) is 5. The molecule has 0 radical (unpaired) electrons. The largest absolute Gasteiger partial charge is 0.508 e. The number of β-lactam (4-membered cyclic amide) rings is 1. The number of carbonyl (C=O) groups excluding carboxylic acids is 3. The van der Waals surface area contributed by atoms with Crippen molar-refractivity contribution in [2.24, 2.45) is 26.7 Å². The number of amidine groups is 1. The number of rotatable bonds is 9. The van der Waals surface area contributed by atoms with Crippen molar-refractivity contribution in [3.8, 4) is 5.75 Å². The van der Waals surface area contributed by atoms with Crippen LogP contribution < -0.4 is 16.8 Å². The molecule has 3 unspecified atom stereocenters. The van der Waals surface area contributed by atoms with Crippen molar-refractivity contribution in [1.82, 2.24) is 10.2 Å². The average Bonchev–Trinajstić information content (AvgIpc) is 3.29. The van der Waals surface area contributed by atoms with E-state index in [1.165, 1.54) is 43.1 Å². The van der Waals surface area contributed by atoms with Crippen molar-refractivity contribution in [2.75, 3.05) is 25.2 Å². The van der Waals surface area contributed by atoms with E-state index in [0.29, 0.717) is 11.1 Å². The number of benzene rings is 1. The maximum atomic E-state index is 12.9. The van der Waals surface area contributed by atoms with Gasteiger partial charge < -0.3 is 31.7 Å². The van der Waals surface area contributed by atoms with Gasteiger partial charge >= 0.3 is 5.97 Å². The lowest BCUT2D eigenvalue weighted by atomic mass is 10.0. The number of aliphatic imine (C=N–C) groups is 1. The molecule has 0 bridgehead atoms. The zero-order valence-corrected chi connectivity index (χ0v) is 21.0. The molecule has 4 rings (SSSR count). The summed E-state index contributed by atoms with van der Waals surface area (Å²) in [5.41, 5.74) is 10.4. The normalized spacial score (nSPS) is 25.3. The van der Waals surface area contributed by atoms with Crippen molar-refractivity contribution in [1.29, 1.82) is 0 Å². The summed E-state index contributed by atoms with van der Waals surface area (Å²) in [5, 5.41) is 29.0. The van der Waals surface area contributed by atoms with Crippen LogP contribution in [0.2, 0.25) is 0 Å². The molecule has 0 saturated carbocycles. The number of aliphatic carboxylic acids is 1. The second-order valence-corrected chi connectivity index (χ2v) is 10.3. The van der Waals surface area contributed by atoms with Crippen LogP contribution in [0.4, 0.5) is 0 Å². The van der Waals surface area contributed by atoms with Crippen molar-refractivity contribution in [3.05, 3.63) is 41.1 Å². The molecule has 0 aliphatic carbocycles. The molecule has 1 saturated heterocycles. The van der Waals surface area contributed by atoms with Crippen LogP contribution in [-0.2, 0) is 23.9 Å². The maximum absolute atomic E-state index is 12.9. The van der Waals surface area contributed by atoms with Crippen molar-refractivity contribution in [2.45, 2.75) is 23.1 Å². The van der Waals surface area contributed by atoms with Gasteiger partial charge in [0.15, 0.2) is 0 Å². The number of carbonyl (C=O) groups is 4. The number of azo groups is 1. The summed E-state index contributed by atoms with van der Waals surface area (Å²) in [6.07, 6.45) is 0. The van der Waals surface area contributed by atoms with E-state index in [2.05, 4.69) is 20.5 Å². The van der Waals surface area contributed by atoms with E-state index in [9.17, 15) is 29.4 Å². The molecule has 196 valence electrons. The third kappa shape index (κ3) is 5.04. The minimum atomic E-state index is -1.66. The van der Waals surface area contributed by atoms with E-state index in [4.69, 9.17) is 16.2 Å². The number of nitrogens with zero attached hydrogens (tertiary/aromatic N) is 4. The SMILES string of the molecule is COCC1(C(N)=O)N=NC(SCC2=C(C(=O)O)N3C(=O)C(NC(=O)C(N)c4ccc(O)cc4)[C@@H]3SC2)=N1. The van der Waals surface area contributed by atoms with Gasteiger partial charge in [0.2, 0.25) is 11.1 Å². The fourth-order valence-electron chi connectivity index (χ4n) is 3.85. The van der Waals surface area contributed by atoms with Crippen molar-refractivity contribution in [3.63, 3.8) is 0 Å². The van der Waals surface area contributed by atoms with E-state index in [-0.39, 0.29) is 34.7 Å². The number of nitrogens with one attached hydrogen (secondary N) is 1. The van der Waals surface area contributed by atoms with Crippen LogP contribution in [0.5, 0.6) is 5.75 Å². The molecule has 7 N–H and O–H groups in total. The first-order valence-corrected chi connectivity index (χ1v) is 12.8. The third-order valence-corrected chi connectivity index (χ3v) is 8.04. The van der Waals surface area contributed by atoms with Gasteiger partial charge in [0.05, 0.1) is 0 Å². The van der Waals surface area contributed by atoms with Crippen LogP contribution in [-0.4, -0.2) is 86.3 Å². The molecule has 16 heteroatoms. The maximum Gasteiger partial charge on any atom is 0.352 e. The average molecular weight is 550 g/mol. The number of phenolic OH excluding ortho intramolecular Hbond substituents is 1. The lowest BCUT2D eigenvalue weighted by molar-refractivity contribution is -0.150. The summed E-state index contributed by atoms with van der Waals surface area (Å²) in [6, 6.07) is 3.75. The monoisotopic (exact) mass is 549 g/mol. The minimum absolute atomic E-state index is 0.0203. The predicted molar refractivity (Wildman–Crippen MR) is 133 cm³/mol. The Morgan fingerprint density at radius 3 is 2.68 bits per heavy atom. The Hall–Kier alpha value is -3.47. The van der Waals surface area contributed by atoms with E-state index in [1.54, 1.807) is 0 Å². The summed E-state index contributed by atoms with van der Waals surface area (Å²) < 4.78 is 4.96. The number of carboxylic acid groups (broad SMARTS) is 1. The van der Waals surface area contributed by atoms with Crippen LogP contribution in [0.25, 0.3) is 0 Å². The summed E-state index contributed by atoms with van der Waals surface area (Å²) in [6.45, 7) is -0.192. The fraction of sp³-hybridized carbons (Fsp3) is 0.381. The zero-order valence-electron chi connectivity index (χ0n) is 19.4. The Balaban J connectivity index is 1.44. The quantitative estimate of drug-likeness (QED) is 0.249. The number of ether oxygens (including phenoxy) is 1. The second-order valence-electron chi connectivity index (χ2n) is 8.22. The minimum Gasteiger partial charge on any atom is -0.508 e. The van der Waals surface area contributed by atoms with Crippen LogP contribution in [0, 0.1) is 0 Å². The molecular weight excluding hydrogens is 526 g/mol. The number of thioether (sulfide) groups is 2. The molecule has 14 nitrogen and oxygen atoms in total. The van der Waals surface area contributed by atoms with E-state index >= 15 is 0 Å². The Bertz CT molecular complexity index is 1240. The number of phenols is 1. The van der Waals surface area contributed by atoms with Crippen LogP contribution in [0.15, 0.2) is 50.8 Å². The Morgan fingerprint density at radius 1 is 1.35 bits per heavy atom. The fourth-order valence-corrected chi connectivity index (χ4v) is 6.18. The number of aromatic hydroxyl groups is 1. The summed E-state index contributed by atoms with van der Waals surface area (Å²) in [7, 11) is 1.36. The van der Waals surface area contributed by atoms with Gasteiger partial charge in [0.25, 0.3) is 17.5 Å². The highest BCUT2D eigenvalue weighted by Gasteiger charge is 2.54.